The first kappa shape index (κ1) is 14.5. The fourth-order valence-electron chi connectivity index (χ4n) is 2.40. The van der Waals surface area contributed by atoms with Crippen molar-refractivity contribution in [3.05, 3.63) is 18.2 Å². The van der Waals surface area contributed by atoms with E-state index in [0.29, 0.717) is 25.3 Å². The Hall–Kier alpha value is -1.91. The van der Waals surface area contributed by atoms with E-state index < -0.39 is 0 Å². The summed E-state index contributed by atoms with van der Waals surface area (Å²) >= 11 is 0. The lowest BCUT2D eigenvalue weighted by atomic mass is 10.1. The predicted molar refractivity (Wildman–Crippen MR) is 79.0 cm³/mol. The number of carbonyl (C=O) groups is 1. The molecule has 0 amide bonds. The zero-order valence-electron chi connectivity index (χ0n) is 12.1. The van der Waals surface area contributed by atoms with E-state index in [1.54, 1.807) is 0 Å². The number of rotatable bonds is 5. The second-order valence-electron chi connectivity index (χ2n) is 4.84. The first-order valence-corrected chi connectivity index (χ1v) is 7.11. The Morgan fingerprint density at radius 3 is 3.00 bits per heavy atom. The highest BCUT2D eigenvalue weighted by atomic mass is 16.5. The molecule has 1 aliphatic rings. The lowest BCUT2D eigenvalue weighted by molar-refractivity contribution is -0.142. The van der Waals surface area contributed by atoms with Gasteiger partial charge in [0.05, 0.1) is 25.3 Å². The average Bonchev–Trinajstić information content (AvgIpc) is 2.45. The number of anilines is 2. The highest BCUT2D eigenvalue weighted by Gasteiger charge is 2.26. The molecule has 0 saturated carbocycles. The smallest absolute Gasteiger partial charge is 0.307 e. The first-order chi connectivity index (χ1) is 9.65. The highest BCUT2D eigenvalue weighted by molar-refractivity contribution is 5.77. The van der Waals surface area contributed by atoms with Crippen LogP contribution in [0.15, 0.2) is 18.2 Å². The molecule has 1 aromatic rings. The van der Waals surface area contributed by atoms with Crippen LogP contribution in [-0.2, 0) is 9.53 Å². The number of carbonyl (C=O) groups excluding carboxylic acids is 1. The van der Waals surface area contributed by atoms with Crippen LogP contribution < -0.4 is 15.4 Å². The fourth-order valence-corrected chi connectivity index (χ4v) is 2.40. The Morgan fingerprint density at radius 2 is 2.30 bits per heavy atom. The normalized spacial score (nSPS) is 17.3. The van der Waals surface area contributed by atoms with Gasteiger partial charge in [-0.15, -0.1) is 0 Å². The molecule has 0 saturated heterocycles. The van der Waals surface area contributed by atoms with Gasteiger partial charge in [0.2, 0.25) is 0 Å². The molecule has 1 aliphatic heterocycles. The predicted octanol–water partition coefficient (Wildman–Crippen LogP) is 2.20. The topological polar surface area (TPSA) is 64.8 Å². The number of nitrogens with zero attached hydrogens (tertiary/aromatic N) is 1. The molecule has 20 heavy (non-hydrogen) atoms. The van der Waals surface area contributed by atoms with Gasteiger partial charge in [-0.25, -0.2) is 0 Å². The first-order valence-electron chi connectivity index (χ1n) is 7.11. The summed E-state index contributed by atoms with van der Waals surface area (Å²) in [5.41, 5.74) is 7.62. The Labute approximate surface area is 119 Å². The Morgan fingerprint density at radius 1 is 1.50 bits per heavy atom. The van der Waals surface area contributed by atoms with Crippen LogP contribution >= 0.6 is 0 Å². The van der Waals surface area contributed by atoms with Crippen molar-refractivity contribution in [1.29, 1.82) is 0 Å². The summed E-state index contributed by atoms with van der Waals surface area (Å²) in [5.74, 6) is 0.620. The van der Waals surface area contributed by atoms with E-state index in [2.05, 4.69) is 11.8 Å². The van der Waals surface area contributed by atoms with Gasteiger partial charge in [-0.05, 0) is 25.5 Å². The van der Waals surface area contributed by atoms with E-state index in [4.69, 9.17) is 15.2 Å². The summed E-state index contributed by atoms with van der Waals surface area (Å²) in [6, 6.07) is 5.66. The SMILES string of the molecule is CCOC(=O)CCN1CC(CC)Oc2cccc(N)c21. The molecule has 2 rings (SSSR count). The van der Waals surface area contributed by atoms with Crippen LogP contribution in [0.4, 0.5) is 11.4 Å². The van der Waals surface area contributed by atoms with E-state index in [1.165, 1.54) is 0 Å². The van der Waals surface area contributed by atoms with Crippen LogP contribution in [0.3, 0.4) is 0 Å². The van der Waals surface area contributed by atoms with Gasteiger partial charge >= 0.3 is 5.97 Å². The van der Waals surface area contributed by atoms with Crippen LogP contribution in [0.2, 0.25) is 0 Å². The third-order valence-corrected chi connectivity index (χ3v) is 3.41. The van der Waals surface area contributed by atoms with Gasteiger partial charge in [-0.1, -0.05) is 13.0 Å². The molecule has 0 aromatic heterocycles. The zero-order valence-corrected chi connectivity index (χ0v) is 12.1. The molecule has 110 valence electrons. The Bertz CT molecular complexity index is 476. The molecule has 5 heteroatoms. The molecule has 1 unspecified atom stereocenters. The Balaban J connectivity index is 2.14. The van der Waals surface area contributed by atoms with Crippen molar-refractivity contribution in [1.82, 2.24) is 0 Å². The van der Waals surface area contributed by atoms with Crippen molar-refractivity contribution >= 4 is 17.3 Å². The molecule has 1 aromatic carbocycles. The van der Waals surface area contributed by atoms with Gasteiger partial charge < -0.3 is 20.1 Å². The summed E-state index contributed by atoms with van der Waals surface area (Å²) in [6.45, 7) is 5.66. The molecule has 0 spiro atoms. The third kappa shape index (κ3) is 3.15. The van der Waals surface area contributed by atoms with Crippen LogP contribution in [0.5, 0.6) is 5.75 Å². The van der Waals surface area contributed by atoms with Crippen LogP contribution in [0.25, 0.3) is 0 Å². The number of hydrogen-bond donors (Lipinski definition) is 1. The van der Waals surface area contributed by atoms with E-state index in [-0.39, 0.29) is 12.1 Å². The summed E-state index contributed by atoms with van der Waals surface area (Å²) in [5, 5.41) is 0. The van der Waals surface area contributed by atoms with Crippen LogP contribution in [0, 0.1) is 0 Å². The third-order valence-electron chi connectivity index (χ3n) is 3.41. The van der Waals surface area contributed by atoms with Crippen molar-refractivity contribution in [3.8, 4) is 5.75 Å². The van der Waals surface area contributed by atoms with Gasteiger partial charge in [-0.2, -0.15) is 0 Å². The molecular formula is C15H22N2O3. The van der Waals surface area contributed by atoms with Crippen molar-refractivity contribution in [2.75, 3.05) is 30.3 Å². The van der Waals surface area contributed by atoms with E-state index in [1.807, 2.05) is 25.1 Å². The van der Waals surface area contributed by atoms with Gasteiger partial charge in [0.15, 0.2) is 0 Å². The molecule has 0 radical (unpaired) electrons. The van der Waals surface area contributed by atoms with Crippen molar-refractivity contribution < 1.29 is 14.3 Å². The fraction of sp³-hybridized carbons (Fsp3) is 0.533. The van der Waals surface area contributed by atoms with E-state index in [9.17, 15) is 4.79 Å². The van der Waals surface area contributed by atoms with E-state index >= 15 is 0 Å². The minimum atomic E-state index is -0.178. The van der Waals surface area contributed by atoms with Crippen molar-refractivity contribution in [3.63, 3.8) is 0 Å². The molecule has 0 fully saturated rings. The molecule has 5 nitrogen and oxygen atoms in total. The standard InChI is InChI=1S/C15H22N2O3/c1-3-11-10-17(9-8-14(18)19-4-2)15-12(16)6-5-7-13(15)20-11/h5-7,11H,3-4,8-10,16H2,1-2H3. The van der Waals surface area contributed by atoms with Crippen molar-refractivity contribution in [2.24, 2.45) is 0 Å². The van der Waals surface area contributed by atoms with Gasteiger partial charge in [0.1, 0.15) is 17.5 Å². The summed E-state index contributed by atoms with van der Waals surface area (Å²) < 4.78 is 10.9. The number of nitrogens with two attached hydrogens (primary N) is 1. The molecule has 1 atom stereocenters. The molecule has 2 N–H and O–H groups in total. The highest BCUT2D eigenvalue weighted by Crippen LogP contribution is 2.38. The quantitative estimate of drug-likeness (QED) is 0.660. The minimum absolute atomic E-state index is 0.131. The van der Waals surface area contributed by atoms with Gasteiger partial charge in [0, 0.05) is 6.54 Å². The lowest BCUT2D eigenvalue weighted by Gasteiger charge is -2.36. The number of benzene rings is 1. The maximum absolute atomic E-state index is 11.5. The average molecular weight is 278 g/mol. The van der Waals surface area contributed by atoms with Crippen LogP contribution in [-0.4, -0.2) is 31.8 Å². The van der Waals surface area contributed by atoms with Gasteiger partial charge in [-0.3, -0.25) is 4.79 Å². The number of fused-ring (bicyclic) bond motifs is 1. The van der Waals surface area contributed by atoms with Crippen molar-refractivity contribution in [2.45, 2.75) is 32.8 Å². The summed E-state index contributed by atoms with van der Waals surface area (Å²) in [7, 11) is 0. The molecule has 1 heterocycles. The number of ether oxygens (including phenoxy) is 2. The number of nitrogen functional groups attached to an aromatic ring is 1. The second-order valence-corrected chi connectivity index (χ2v) is 4.84. The largest absolute Gasteiger partial charge is 0.486 e. The summed E-state index contributed by atoms with van der Waals surface area (Å²) in [6.07, 6.45) is 1.41. The number of hydrogen-bond acceptors (Lipinski definition) is 5. The zero-order chi connectivity index (χ0) is 14.5. The summed E-state index contributed by atoms with van der Waals surface area (Å²) in [4.78, 5) is 13.6. The maximum Gasteiger partial charge on any atom is 0.307 e. The minimum Gasteiger partial charge on any atom is -0.486 e. The second kappa shape index (κ2) is 6.50. The number of esters is 1. The maximum atomic E-state index is 11.5. The molecular weight excluding hydrogens is 256 g/mol. The van der Waals surface area contributed by atoms with Crippen LogP contribution in [0.1, 0.15) is 26.7 Å². The van der Waals surface area contributed by atoms with E-state index in [0.717, 1.165) is 24.4 Å². The molecule has 0 aliphatic carbocycles. The van der Waals surface area contributed by atoms with Gasteiger partial charge in [0.25, 0.3) is 0 Å². The molecule has 0 bridgehead atoms. The Kier molecular flexibility index (Phi) is 4.71. The lowest BCUT2D eigenvalue weighted by Crippen LogP contribution is -2.41. The monoisotopic (exact) mass is 278 g/mol. The number of para-hydroxylation sites is 1.